The lowest BCUT2D eigenvalue weighted by Gasteiger charge is -2.43. The highest BCUT2D eigenvalue weighted by molar-refractivity contribution is 5.88. The van der Waals surface area contributed by atoms with Crippen LogP contribution >= 0.6 is 0 Å². The fraction of sp³-hybridized carbons (Fsp3) is 0.533. The van der Waals surface area contributed by atoms with Crippen molar-refractivity contribution < 1.29 is 4.79 Å². The van der Waals surface area contributed by atoms with Gasteiger partial charge in [0, 0.05) is 18.3 Å². The van der Waals surface area contributed by atoms with Gasteiger partial charge in [-0.25, -0.2) is 0 Å². The van der Waals surface area contributed by atoms with Gasteiger partial charge in [-0.1, -0.05) is 18.2 Å². The van der Waals surface area contributed by atoms with Crippen molar-refractivity contribution in [1.82, 2.24) is 4.90 Å². The molecule has 0 spiro atoms. The monoisotopic (exact) mass is 259 g/mol. The van der Waals surface area contributed by atoms with Crippen molar-refractivity contribution in [2.24, 2.45) is 5.73 Å². The van der Waals surface area contributed by atoms with E-state index in [1.54, 1.807) is 0 Å². The second kappa shape index (κ2) is 4.85. The highest BCUT2D eigenvalue weighted by Gasteiger charge is 2.45. The fourth-order valence-electron chi connectivity index (χ4n) is 3.46. The second-order valence-corrected chi connectivity index (χ2v) is 5.72. The Kier molecular flexibility index (Phi) is 3.19. The molecule has 2 atom stereocenters. The number of anilines is 1. The van der Waals surface area contributed by atoms with Crippen molar-refractivity contribution in [3.8, 4) is 0 Å². The van der Waals surface area contributed by atoms with E-state index in [1.165, 1.54) is 19.4 Å². The highest BCUT2D eigenvalue weighted by Crippen LogP contribution is 2.35. The maximum absolute atomic E-state index is 12.0. The number of amides is 1. The van der Waals surface area contributed by atoms with E-state index in [4.69, 9.17) is 5.73 Å². The molecule has 3 rings (SSSR count). The first-order valence-electron chi connectivity index (χ1n) is 7.07. The van der Waals surface area contributed by atoms with Crippen LogP contribution in [0.3, 0.4) is 0 Å². The summed E-state index contributed by atoms with van der Waals surface area (Å²) in [6.45, 7) is 2.14. The lowest BCUT2D eigenvalue weighted by molar-refractivity contribution is -0.124. The predicted molar refractivity (Wildman–Crippen MR) is 75.8 cm³/mol. The third-order valence-corrected chi connectivity index (χ3v) is 4.54. The largest absolute Gasteiger partial charge is 0.371 e. The van der Waals surface area contributed by atoms with Gasteiger partial charge in [0.15, 0.2) is 0 Å². The van der Waals surface area contributed by atoms with Crippen molar-refractivity contribution in [2.45, 2.75) is 37.3 Å². The van der Waals surface area contributed by atoms with Crippen LogP contribution in [0.1, 0.15) is 25.7 Å². The van der Waals surface area contributed by atoms with E-state index < -0.39 is 5.54 Å². The van der Waals surface area contributed by atoms with E-state index in [-0.39, 0.29) is 5.91 Å². The van der Waals surface area contributed by atoms with Crippen molar-refractivity contribution >= 4 is 11.6 Å². The maximum Gasteiger partial charge on any atom is 0.243 e. The Balaban J connectivity index is 1.82. The van der Waals surface area contributed by atoms with Gasteiger partial charge in [-0.2, -0.15) is 0 Å². The molecule has 2 aliphatic heterocycles. The molecule has 0 saturated carbocycles. The summed E-state index contributed by atoms with van der Waals surface area (Å²) >= 11 is 0. The SMILES string of the molecule is NC(=O)C1(Nc2ccccc2)CCN2CCCC2C1. The number of carbonyl (C=O) groups is 1. The molecule has 1 amide bonds. The molecule has 4 heteroatoms. The van der Waals surface area contributed by atoms with E-state index in [9.17, 15) is 4.79 Å². The number of piperidine rings is 1. The van der Waals surface area contributed by atoms with E-state index in [0.717, 1.165) is 25.1 Å². The molecule has 3 N–H and O–H groups in total. The minimum Gasteiger partial charge on any atom is -0.371 e. The first kappa shape index (κ1) is 12.5. The van der Waals surface area contributed by atoms with E-state index >= 15 is 0 Å². The number of carbonyl (C=O) groups excluding carboxylic acids is 1. The van der Waals surface area contributed by atoms with Gasteiger partial charge in [0.25, 0.3) is 0 Å². The topological polar surface area (TPSA) is 58.4 Å². The third kappa shape index (κ3) is 2.32. The number of hydrogen-bond donors (Lipinski definition) is 2. The molecule has 0 aromatic heterocycles. The van der Waals surface area contributed by atoms with Gasteiger partial charge < -0.3 is 16.0 Å². The Bertz CT molecular complexity index is 462. The van der Waals surface area contributed by atoms with Crippen LogP contribution in [0.5, 0.6) is 0 Å². The number of benzene rings is 1. The molecule has 2 saturated heterocycles. The molecule has 102 valence electrons. The summed E-state index contributed by atoms with van der Waals surface area (Å²) in [7, 11) is 0. The zero-order chi connectivity index (χ0) is 13.3. The van der Waals surface area contributed by atoms with Crippen LogP contribution in [0.25, 0.3) is 0 Å². The van der Waals surface area contributed by atoms with Crippen LogP contribution in [0.4, 0.5) is 5.69 Å². The second-order valence-electron chi connectivity index (χ2n) is 5.72. The standard InChI is InChI=1S/C15H21N3O/c16-14(19)15(17-12-5-2-1-3-6-12)8-10-18-9-4-7-13(18)11-15/h1-3,5-6,13,17H,4,7-11H2,(H2,16,19). The quantitative estimate of drug-likeness (QED) is 0.866. The molecule has 2 aliphatic rings. The lowest BCUT2D eigenvalue weighted by Crippen LogP contribution is -2.59. The number of primary amides is 1. The molecule has 0 radical (unpaired) electrons. The van der Waals surface area contributed by atoms with Crippen LogP contribution in [0.2, 0.25) is 0 Å². The molecule has 2 fully saturated rings. The average Bonchev–Trinajstić information content (AvgIpc) is 2.87. The van der Waals surface area contributed by atoms with Crippen molar-refractivity contribution in [1.29, 1.82) is 0 Å². The van der Waals surface area contributed by atoms with E-state index in [1.807, 2.05) is 30.3 Å². The minimum absolute atomic E-state index is 0.220. The molecule has 4 nitrogen and oxygen atoms in total. The summed E-state index contributed by atoms with van der Waals surface area (Å²) in [4.78, 5) is 14.5. The van der Waals surface area contributed by atoms with Crippen molar-refractivity contribution in [3.63, 3.8) is 0 Å². The predicted octanol–water partition coefficient (Wildman–Crippen LogP) is 1.58. The van der Waals surface area contributed by atoms with Gasteiger partial charge in [-0.3, -0.25) is 4.79 Å². The number of nitrogens with zero attached hydrogens (tertiary/aromatic N) is 1. The number of rotatable bonds is 3. The van der Waals surface area contributed by atoms with E-state index in [2.05, 4.69) is 10.2 Å². The first-order chi connectivity index (χ1) is 9.20. The fourth-order valence-corrected chi connectivity index (χ4v) is 3.46. The molecular weight excluding hydrogens is 238 g/mol. The summed E-state index contributed by atoms with van der Waals surface area (Å²) in [5.74, 6) is -0.220. The van der Waals surface area contributed by atoms with Crippen LogP contribution in [-0.4, -0.2) is 35.5 Å². The number of fused-ring (bicyclic) bond motifs is 1. The number of nitrogens with two attached hydrogens (primary N) is 1. The Morgan fingerprint density at radius 3 is 2.84 bits per heavy atom. The molecule has 2 heterocycles. The summed E-state index contributed by atoms with van der Waals surface area (Å²) in [6, 6.07) is 10.4. The van der Waals surface area contributed by atoms with Crippen LogP contribution in [0.15, 0.2) is 30.3 Å². The Morgan fingerprint density at radius 1 is 1.32 bits per heavy atom. The highest BCUT2D eigenvalue weighted by atomic mass is 16.1. The molecule has 0 bridgehead atoms. The van der Waals surface area contributed by atoms with Gasteiger partial charge >= 0.3 is 0 Å². The molecular formula is C15H21N3O. The minimum atomic E-state index is -0.577. The van der Waals surface area contributed by atoms with E-state index in [0.29, 0.717) is 6.04 Å². The average molecular weight is 259 g/mol. The zero-order valence-corrected chi connectivity index (χ0v) is 11.1. The first-order valence-corrected chi connectivity index (χ1v) is 7.07. The van der Waals surface area contributed by atoms with Gasteiger partial charge in [-0.15, -0.1) is 0 Å². The number of para-hydroxylation sites is 1. The zero-order valence-electron chi connectivity index (χ0n) is 11.1. The lowest BCUT2D eigenvalue weighted by atomic mass is 9.82. The van der Waals surface area contributed by atoms with Crippen LogP contribution < -0.4 is 11.1 Å². The number of nitrogens with one attached hydrogen (secondary N) is 1. The Morgan fingerprint density at radius 2 is 2.11 bits per heavy atom. The third-order valence-electron chi connectivity index (χ3n) is 4.54. The van der Waals surface area contributed by atoms with Crippen LogP contribution in [-0.2, 0) is 4.79 Å². The van der Waals surface area contributed by atoms with Gasteiger partial charge in [0.1, 0.15) is 5.54 Å². The molecule has 1 aromatic rings. The summed E-state index contributed by atoms with van der Waals surface area (Å²) in [5.41, 5.74) is 6.12. The van der Waals surface area contributed by atoms with Gasteiger partial charge in [-0.05, 0) is 44.4 Å². The molecule has 0 aliphatic carbocycles. The van der Waals surface area contributed by atoms with Crippen LogP contribution in [0, 0.1) is 0 Å². The summed E-state index contributed by atoms with van der Waals surface area (Å²) in [6.07, 6.45) is 4.06. The van der Waals surface area contributed by atoms with Gasteiger partial charge in [0.05, 0.1) is 0 Å². The molecule has 2 unspecified atom stereocenters. The summed E-state index contributed by atoms with van der Waals surface area (Å²) < 4.78 is 0. The number of hydrogen-bond acceptors (Lipinski definition) is 3. The Hall–Kier alpha value is -1.55. The summed E-state index contributed by atoms with van der Waals surface area (Å²) in [5, 5.41) is 3.41. The van der Waals surface area contributed by atoms with Crippen molar-refractivity contribution in [2.75, 3.05) is 18.4 Å². The van der Waals surface area contributed by atoms with Crippen molar-refractivity contribution in [3.05, 3.63) is 30.3 Å². The smallest absolute Gasteiger partial charge is 0.243 e. The normalized spacial score (nSPS) is 30.8. The maximum atomic E-state index is 12.0. The molecule has 19 heavy (non-hydrogen) atoms. The molecule has 1 aromatic carbocycles. The Labute approximate surface area is 114 Å². The van der Waals surface area contributed by atoms with Gasteiger partial charge in [0.2, 0.25) is 5.91 Å².